The molecule has 0 aromatic carbocycles. The van der Waals surface area contributed by atoms with Gasteiger partial charge in [0.25, 0.3) is 0 Å². The van der Waals surface area contributed by atoms with E-state index in [-0.39, 0.29) is 11.9 Å². The number of hydrogen-bond donors (Lipinski definition) is 0. The van der Waals surface area contributed by atoms with Gasteiger partial charge in [-0.1, -0.05) is 13.8 Å². The number of methoxy groups -OCH3 is 1. The van der Waals surface area contributed by atoms with Crippen LogP contribution in [0.3, 0.4) is 0 Å². The first-order chi connectivity index (χ1) is 6.41. The minimum absolute atomic E-state index is 0.321. The molecule has 0 N–H and O–H groups in total. The summed E-state index contributed by atoms with van der Waals surface area (Å²) >= 11 is 0. The van der Waals surface area contributed by atoms with E-state index in [1.807, 2.05) is 0 Å². The Hall–Kier alpha value is -1.06. The van der Waals surface area contributed by atoms with Crippen LogP contribution < -0.4 is 5.11 Å². The van der Waals surface area contributed by atoms with Crippen LogP contribution in [0.2, 0.25) is 0 Å². The number of esters is 1. The molecule has 1 aliphatic rings. The molecule has 0 radical (unpaired) electrons. The van der Waals surface area contributed by atoms with Gasteiger partial charge in [0, 0.05) is 11.9 Å². The summed E-state index contributed by atoms with van der Waals surface area (Å²) in [6.07, 6.45) is 1.06. The Morgan fingerprint density at radius 1 is 1.29 bits per heavy atom. The summed E-state index contributed by atoms with van der Waals surface area (Å²) < 4.78 is 4.65. The Morgan fingerprint density at radius 3 is 2.14 bits per heavy atom. The smallest absolute Gasteiger partial charge is 0.309 e. The minimum atomic E-state index is -1.07. The van der Waals surface area contributed by atoms with Gasteiger partial charge in [0.2, 0.25) is 0 Å². The zero-order chi connectivity index (χ0) is 10.9. The Morgan fingerprint density at radius 2 is 1.79 bits per heavy atom. The summed E-state index contributed by atoms with van der Waals surface area (Å²) in [6.45, 7) is 3.56. The molecular formula is C10H15O4-. The second-order valence-corrected chi connectivity index (χ2v) is 4.35. The predicted octanol–water partition coefficient (Wildman–Crippen LogP) is -0.0383. The maximum absolute atomic E-state index is 11.4. The highest BCUT2D eigenvalue weighted by atomic mass is 16.5. The van der Waals surface area contributed by atoms with Crippen LogP contribution in [-0.4, -0.2) is 19.0 Å². The van der Waals surface area contributed by atoms with Crippen molar-refractivity contribution in [1.29, 1.82) is 0 Å². The topological polar surface area (TPSA) is 66.4 Å². The second-order valence-electron chi connectivity index (χ2n) is 4.35. The SMILES string of the molecule is COC(=O)[C@@H]1CC[C@H](C(=O)[O-])C1(C)C. The highest BCUT2D eigenvalue weighted by molar-refractivity contribution is 5.77. The van der Waals surface area contributed by atoms with Gasteiger partial charge >= 0.3 is 5.97 Å². The van der Waals surface area contributed by atoms with Gasteiger partial charge in [0.1, 0.15) is 0 Å². The molecule has 0 aliphatic heterocycles. The number of hydrogen-bond acceptors (Lipinski definition) is 4. The van der Waals surface area contributed by atoms with Crippen molar-refractivity contribution in [2.75, 3.05) is 7.11 Å². The van der Waals surface area contributed by atoms with Crippen LogP contribution in [0.4, 0.5) is 0 Å². The standard InChI is InChI=1S/C10H16O4/c1-10(2)6(8(11)12)4-5-7(10)9(13)14-3/h6-7H,4-5H2,1-3H3,(H,11,12)/p-1/t6-,7+/m1/s1. The van der Waals surface area contributed by atoms with Crippen LogP contribution in [0, 0.1) is 17.3 Å². The Bertz CT molecular complexity index is 257. The molecule has 0 spiro atoms. The lowest BCUT2D eigenvalue weighted by Gasteiger charge is -2.31. The van der Waals surface area contributed by atoms with E-state index in [1.54, 1.807) is 13.8 Å². The van der Waals surface area contributed by atoms with Gasteiger partial charge in [0.05, 0.1) is 13.0 Å². The molecule has 1 rings (SSSR count). The molecule has 80 valence electrons. The summed E-state index contributed by atoms with van der Waals surface area (Å²) in [6, 6.07) is 0. The average molecular weight is 199 g/mol. The Labute approximate surface area is 83.2 Å². The number of aliphatic carboxylic acids is 1. The third-order valence-corrected chi connectivity index (χ3v) is 3.31. The number of carbonyl (C=O) groups excluding carboxylic acids is 2. The molecule has 4 nitrogen and oxygen atoms in total. The highest BCUT2D eigenvalue weighted by Crippen LogP contribution is 2.47. The summed E-state index contributed by atoms with van der Waals surface area (Å²) in [4.78, 5) is 22.2. The summed E-state index contributed by atoms with van der Waals surface area (Å²) in [5, 5.41) is 10.8. The number of rotatable bonds is 2. The minimum Gasteiger partial charge on any atom is -0.550 e. The Balaban J connectivity index is 2.86. The van der Waals surface area contributed by atoms with E-state index in [2.05, 4.69) is 4.74 Å². The van der Waals surface area contributed by atoms with Crippen LogP contribution in [0.25, 0.3) is 0 Å². The summed E-state index contributed by atoms with van der Waals surface area (Å²) in [5.74, 6) is -2.26. The van der Waals surface area contributed by atoms with E-state index < -0.39 is 17.3 Å². The van der Waals surface area contributed by atoms with Gasteiger partial charge in [0.15, 0.2) is 0 Å². The summed E-state index contributed by atoms with van der Waals surface area (Å²) in [5.41, 5.74) is -0.564. The lowest BCUT2D eigenvalue weighted by Crippen LogP contribution is -2.41. The van der Waals surface area contributed by atoms with E-state index in [0.717, 1.165) is 0 Å². The molecule has 4 heteroatoms. The molecule has 1 aliphatic carbocycles. The van der Waals surface area contributed by atoms with E-state index in [1.165, 1.54) is 7.11 Å². The molecule has 0 amide bonds. The van der Waals surface area contributed by atoms with E-state index in [0.29, 0.717) is 12.8 Å². The van der Waals surface area contributed by atoms with Gasteiger partial charge in [-0.15, -0.1) is 0 Å². The van der Waals surface area contributed by atoms with Crippen LogP contribution in [-0.2, 0) is 14.3 Å². The molecule has 1 fully saturated rings. The average Bonchev–Trinajstić information content (AvgIpc) is 2.39. The maximum Gasteiger partial charge on any atom is 0.309 e. The molecule has 2 atom stereocenters. The van der Waals surface area contributed by atoms with Crippen molar-refractivity contribution >= 4 is 11.9 Å². The first-order valence-electron chi connectivity index (χ1n) is 4.70. The Kier molecular flexibility index (Phi) is 2.83. The fourth-order valence-corrected chi connectivity index (χ4v) is 2.31. The van der Waals surface area contributed by atoms with Crippen molar-refractivity contribution in [3.63, 3.8) is 0 Å². The first-order valence-corrected chi connectivity index (χ1v) is 4.70. The van der Waals surface area contributed by atoms with Gasteiger partial charge in [-0.3, -0.25) is 4.79 Å². The van der Waals surface area contributed by atoms with Gasteiger partial charge in [-0.25, -0.2) is 0 Å². The molecule has 0 saturated heterocycles. The molecule has 0 bridgehead atoms. The molecular weight excluding hydrogens is 184 g/mol. The van der Waals surface area contributed by atoms with Crippen molar-refractivity contribution in [1.82, 2.24) is 0 Å². The summed E-state index contributed by atoms with van der Waals surface area (Å²) in [7, 11) is 1.32. The normalized spacial score (nSPS) is 29.9. The predicted molar refractivity (Wildman–Crippen MR) is 47.0 cm³/mol. The van der Waals surface area contributed by atoms with Gasteiger partial charge < -0.3 is 14.6 Å². The molecule has 0 aromatic rings. The number of carboxylic acid groups (broad SMARTS) is 1. The lowest BCUT2D eigenvalue weighted by molar-refractivity contribution is -0.314. The van der Waals surface area contributed by atoms with Gasteiger partial charge in [-0.05, 0) is 18.3 Å². The van der Waals surface area contributed by atoms with Crippen LogP contribution in [0.5, 0.6) is 0 Å². The van der Waals surface area contributed by atoms with Gasteiger partial charge in [-0.2, -0.15) is 0 Å². The van der Waals surface area contributed by atoms with Crippen molar-refractivity contribution in [2.45, 2.75) is 26.7 Å². The monoisotopic (exact) mass is 199 g/mol. The maximum atomic E-state index is 11.4. The highest BCUT2D eigenvalue weighted by Gasteiger charge is 2.47. The third-order valence-electron chi connectivity index (χ3n) is 3.31. The fraction of sp³-hybridized carbons (Fsp3) is 0.800. The van der Waals surface area contributed by atoms with Crippen molar-refractivity contribution in [3.05, 3.63) is 0 Å². The second kappa shape index (κ2) is 3.59. The molecule has 0 aromatic heterocycles. The zero-order valence-corrected chi connectivity index (χ0v) is 8.70. The molecule has 1 saturated carbocycles. The number of ether oxygens (including phenoxy) is 1. The van der Waals surface area contributed by atoms with E-state index in [4.69, 9.17) is 0 Å². The fourth-order valence-electron chi connectivity index (χ4n) is 2.31. The third kappa shape index (κ3) is 1.61. The van der Waals surface area contributed by atoms with Crippen LogP contribution in [0.1, 0.15) is 26.7 Å². The van der Waals surface area contributed by atoms with Crippen LogP contribution in [0.15, 0.2) is 0 Å². The molecule has 0 unspecified atom stereocenters. The number of carboxylic acids is 1. The van der Waals surface area contributed by atoms with Crippen molar-refractivity contribution < 1.29 is 19.4 Å². The lowest BCUT2D eigenvalue weighted by atomic mass is 9.75. The van der Waals surface area contributed by atoms with E-state index in [9.17, 15) is 14.7 Å². The quantitative estimate of drug-likeness (QED) is 0.585. The molecule has 14 heavy (non-hydrogen) atoms. The molecule has 0 heterocycles. The van der Waals surface area contributed by atoms with Crippen molar-refractivity contribution in [2.24, 2.45) is 17.3 Å². The van der Waals surface area contributed by atoms with E-state index >= 15 is 0 Å². The zero-order valence-electron chi connectivity index (χ0n) is 8.70. The number of carbonyl (C=O) groups is 2. The largest absolute Gasteiger partial charge is 0.550 e. The van der Waals surface area contributed by atoms with Crippen molar-refractivity contribution in [3.8, 4) is 0 Å². The van der Waals surface area contributed by atoms with Crippen LogP contribution >= 0.6 is 0 Å². The first kappa shape index (κ1) is 11.0.